The molecule has 1 aliphatic rings. The van der Waals surface area contributed by atoms with Crippen LogP contribution in [0.15, 0.2) is 23.6 Å². The van der Waals surface area contributed by atoms with Crippen LogP contribution in [0.1, 0.15) is 29.2 Å². The van der Waals surface area contributed by atoms with Gasteiger partial charge in [-0.25, -0.2) is 9.97 Å². The smallest absolute Gasteiger partial charge is 0.128 e. The van der Waals surface area contributed by atoms with Gasteiger partial charge in [-0.15, -0.1) is 11.3 Å². The van der Waals surface area contributed by atoms with Crippen LogP contribution in [0, 0.1) is 13.8 Å². The average Bonchev–Trinajstić information content (AvgIpc) is 2.92. The molecule has 0 spiro atoms. The monoisotopic (exact) mass is 316 g/mol. The Bertz CT molecular complexity index is 625. The van der Waals surface area contributed by atoms with Gasteiger partial charge in [0.1, 0.15) is 5.82 Å². The molecular weight excluding hydrogens is 292 g/mol. The van der Waals surface area contributed by atoms with E-state index < -0.39 is 0 Å². The molecule has 3 heterocycles. The van der Waals surface area contributed by atoms with Crippen molar-refractivity contribution in [1.82, 2.24) is 14.9 Å². The molecule has 0 unspecified atom stereocenters. The zero-order valence-corrected chi connectivity index (χ0v) is 14.4. The predicted octanol–water partition coefficient (Wildman–Crippen LogP) is 3.26. The van der Waals surface area contributed by atoms with E-state index in [-0.39, 0.29) is 0 Å². The van der Waals surface area contributed by atoms with E-state index in [1.807, 2.05) is 0 Å². The Labute approximate surface area is 136 Å². The number of rotatable bonds is 4. The number of nitrogens with zero attached hydrogens (tertiary/aromatic N) is 4. The minimum Gasteiger partial charge on any atom is -0.355 e. The first kappa shape index (κ1) is 15.4. The lowest BCUT2D eigenvalue weighted by molar-refractivity contribution is 0.205. The fraction of sp³-hybridized carbons (Fsp3) is 0.529. The van der Waals surface area contributed by atoms with E-state index in [2.05, 4.69) is 64.2 Å². The third kappa shape index (κ3) is 3.65. The Morgan fingerprint density at radius 2 is 2.18 bits per heavy atom. The molecule has 0 aliphatic carbocycles. The Morgan fingerprint density at radius 1 is 1.32 bits per heavy atom. The van der Waals surface area contributed by atoms with E-state index in [1.54, 1.807) is 11.3 Å². The van der Waals surface area contributed by atoms with Crippen molar-refractivity contribution in [3.63, 3.8) is 0 Å². The Balaban J connectivity index is 1.64. The molecule has 1 fully saturated rings. The number of aromatic nitrogens is 2. The van der Waals surface area contributed by atoms with Crippen molar-refractivity contribution in [3.8, 4) is 0 Å². The molecule has 1 aliphatic heterocycles. The van der Waals surface area contributed by atoms with Gasteiger partial charge in [-0.2, -0.15) is 0 Å². The number of pyridine rings is 1. The third-order valence-electron chi connectivity index (χ3n) is 4.30. The number of anilines is 1. The first-order chi connectivity index (χ1) is 10.6. The Morgan fingerprint density at radius 3 is 2.91 bits per heavy atom. The number of hydrogen-bond acceptors (Lipinski definition) is 5. The molecule has 0 amide bonds. The quantitative estimate of drug-likeness (QED) is 0.867. The third-order valence-corrected chi connectivity index (χ3v) is 5.12. The summed E-state index contributed by atoms with van der Waals surface area (Å²) in [6.07, 6.45) is 2.47. The van der Waals surface area contributed by atoms with E-state index in [0.29, 0.717) is 6.04 Å². The second-order valence-electron chi connectivity index (χ2n) is 6.15. The lowest BCUT2D eigenvalue weighted by atomic mass is 10.0. The second-order valence-corrected chi connectivity index (χ2v) is 7.21. The molecule has 4 nitrogen and oxygen atoms in total. The minimum absolute atomic E-state index is 0.568. The molecule has 3 rings (SSSR count). The highest BCUT2D eigenvalue weighted by atomic mass is 32.1. The molecule has 2 aromatic heterocycles. The average molecular weight is 316 g/mol. The number of likely N-dealkylation sites (N-methyl/N-ethyl adjacent to an activating group) is 1. The molecule has 118 valence electrons. The molecule has 0 saturated carbocycles. The molecule has 2 aromatic rings. The largest absolute Gasteiger partial charge is 0.355 e. The van der Waals surface area contributed by atoms with Crippen molar-refractivity contribution < 1.29 is 0 Å². The van der Waals surface area contributed by atoms with Crippen LogP contribution in [-0.4, -0.2) is 41.0 Å². The maximum Gasteiger partial charge on any atom is 0.128 e. The van der Waals surface area contributed by atoms with Crippen LogP contribution in [0.5, 0.6) is 0 Å². The van der Waals surface area contributed by atoms with Crippen molar-refractivity contribution in [1.29, 1.82) is 0 Å². The summed E-state index contributed by atoms with van der Waals surface area (Å²) < 4.78 is 0. The first-order valence-corrected chi connectivity index (χ1v) is 8.79. The van der Waals surface area contributed by atoms with Gasteiger partial charge >= 0.3 is 0 Å². The van der Waals surface area contributed by atoms with E-state index in [4.69, 9.17) is 0 Å². The highest BCUT2D eigenvalue weighted by Gasteiger charge is 2.24. The van der Waals surface area contributed by atoms with Crippen LogP contribution in [0.25, 0.3) is 0 Å². The number of hydrogen-bond donors (Lipinski definition) is 0. The molecule has 0 bridgehead atoms. The SMILES string of the molecule is Cc1cccc(N2CCC[C@@H](N(C)Cc3csc(C)n3)C2)n1. The molecule has 1 saturated heterocycles. The van der Waals surface area contributed by atoms with Crippen LogP contribution in [0.3, 0.4) is 0 Å². The molecule has 0 N–H and O–H groups in total. The predicted molar refractivity (Wildman–Crippen MR) is 92.5 cm³/mol. The van der Waals surface area contributed by atoms with Crippen LogP contribution in [0.4, 0.5) is 5.82 Å². The highest BCUT2D eigenvalue weighted by Crippen LogP contribution is 2.22. The van der Waals surface area contributed by atoms with Gasteiger partial charge in [0.25, 0.3) is 0 Å². The maximum atomic E-state index is 4.67. The van der Waals surface area contributed by atoms with Crippen molar-refractivity contribution in [2.75, 3.05) is 25.0 Å². The van der Waals surface area contributed by atoms with E-state index in [9.17, 15) is 0 Å². The number of aryl methyl sites for hydroxylation is 2. The van der Waals surface area contributed by atoms with Crippen LogP contribution in [-0.2, 0) is 6.54 Å². The summed E-state index contributed by atoms with van der Waals surface area (Å²) in [7, 11) is 2.21. The van der Waals surface area contributed by atoms with Crippen molar-refractivity contribution in [2.45, 2.75) is 39.3 Å². The van der Waals surface area contributed by atoms with Crippen LogP contribution < -0.4 is 4.90 Å². The van der Waals surface area contributed by atoms with Gasteiger partial charge in [0.2, 0.25) is 0 Å². The lowest BCUT2D eigenvalue weighted by Gasteiger charge is -2.38. The molecule has 1 atom stereocenters. The zero-order valence-electron chi connectivity index (χ0n) is 13.6. The van der Waals surface area contributed by atoms with Crippen LogP contribution in [0.2, 0.25) is 0 Å². The lowest BCUT2D eigenvalue weighted by Crippen LogP contribution is -2.46. The summed E-state index contributed by atoms with van der Waals surface area (Å²) in [6, 6.07) is 6.85. The van der Waals surface area contributed by atoms with Crippen molar-refractivity contribution in [3.05, 3.63) is 40.0 Å². The highest BCUT2D eigenvalue weighted by molar-refractivity contribution is 7.09. The number of thiazole rings is 1. The van der Waals surface area contributed by atoms with Gasteiger partial charge in [-0.05, 0) is 45.9 Å². The van der Waals surface area contributed by atoms with Gasteiger partial charge in [-0.3, -0.25) is 4.90 Å². The van der Waals surface area contributed by atoms with Gasteiger partial charge in [-0.1, -0.05) is 6.07 Å². The summed E-state index contributed by atoms with van der Waals surface area (Å²) in [6.45, 7) is 7.22. The fourth-order valence-corrected chi connectivity index (χ4v) is 3.70. The summed E-state index contributed by atoms with van der Waals surface area (Å²) in [5, 5.41) is 3.33. The molecule has 0 aromatic carbocycles. The summed E-state index contributed by atoms with van der Waals surface area (Å²) in [4.78, 5) is 14.1. The van der Waals surface area contributed by atoms with Gasteiger partial charge < -0.3 is 4.90 Å². The van der Waals surface area contributed by atoms with Gasteiger partial charge in [0.05, 0.1) is 10.7 Å². The molecular formula is C17H24N4S. The fourth-order valence-electron chi connectivity index (χ4n) is 3.09. The standard InChI is InChI=1S/C17H24N4S/c1-13-6-4-8-17(18-13)21-9-5-7-16(11-21)20(3)10-15-12-22-14(2)19-15/h4,6,8,12,16H,5,7,9-11H2,1-3H3/t16-/m1/s1. The molecule has 0 radical (unpaired) electrons. The molecule has 5 heteroatoms. The Kier molecular flexibility index (Phi) is 4.74. The second kappa shape index (κ2) is 6.75. The van der Waals surface area contributed by atoms with Crippen LogP contribution >= 0.6 is 11.3 Å². The normalized spacial score (nSPS) is 18.9. The maximum absolute atomic E-state index is 4.67. The van der Waals surface area contributed by atoms with E-state index in [1.165, 1.54) is 18.5 Å². The van der Waals surface area contributed by atoms with Gasteiger partial charge in [0.15, 0.2) is 0 Å². The van der Waals surface area contributed by atoms with Crippen molar-refractivity contribution >= 4 is 17.2 Å². The number of piperidine rings is 1. The van der Waals surface area contributed by atoms with E-state index >= 15 is 0 Å². The van der Waals surface area contributed by atoms with Gasteiger partial charge in [0, 0.05) is 36.8 Å². The van der Waals surface area contributed by atoms with Crippen molar-refractivity contribution in [2.24, 2.45) is 0 Å². The molecule has 22 heavy (non-hydrogen) atoms. The first-order valence-electron chi connectivity index (χ1n) is 7.91. The minimum atomic E-state index is 0.568. The summed E-state index contributed by atoms with van der Waals surface area (Å²) in [5.41, 5.74) is 2.28. The summed E-state index contributed by atoms with van der Waals surface area (Å²) >= 11 is 1.73. The Hall–Kier alpha value is -1.46. The van der Waals surface area contributed by atoms with E-state index in [0.717, 1.165) is 36.2 Å². The summed E-state index contributed by atoms with van der Waals surface area (Å²) in [5.74, 6) is 1.11. The zero-order chi connectivity index (χ0) is 15.5. The topological polar surface area (TPSA) is 32.3 Å².